The van der Waals surface area contributed by atoms with Crippen molar-refractivity contribution >= 4 is 31.7 Å². The molecule has 0 aliphatic carbocycles. The van der Waals surface area contributed by atoms with Gasteiger partial charge in [0.15, 0.2) is 0 Å². The first kappa shape index (κ1) is 15.7. The fraction of sp³-hybridized carbons (Fsp3) is 0.133. The first-order valence-electron chi connectivity index (χ1n) is 6.06. The number of rotatable bonds is 3. The highest BCUT2D eigenvalue weighted by Gasteiger charge is 2.25. The minimum atomic E-state index is -3.79. The Balaban J connectivity index is 2.68. The molecule has 0 heterocycles. The van der Waals surface area contributed by atoms with Crippen LogP contribution in [0.2, 0.25) is 0 Å². The maximum absolute atomic E-state index is 12.7. The summed E-state index contributed by atoms with van der Waals surface area (Å²) in [5.74, 6) is -0.692. The number of hydrogen-bond acceptors (Lipinski definition) is 4. The Morgan fingerprint density at radius 1 is 1.14 bits per heavy atom. The minimum Gasteiger partial charge on any atom is -0.465 e. The molecule has 0 saturated heterocycles. The van der Waals surface area contributed by atoms with Gasteiger partial charge in [-0.2, -0.15) is 0 Å². The van der Waals surface area contributed by atoms with E-state index in [0.29, 0.717) is 4.47 Å². The minimum absolute atomic E-state index is 0.00776. The van der Waals surface area contributed by atoms with Gasteiger partial charge in [-0.3, -0.25) is 0 Å². The van der Waals surface area contributed by atoms with Crippen molar-refractivity contribution in [3.8, 4) is 0 Å². The summed E-state index contributed by atoms with van der Waals surface area (Å²) in [7, 11) is -2.57. The fourth-order valence-corrected chi connectivity index (χ4v) is 3.81. The molecule has 2 aromatic rings. The molecule has 21 heavy (non-hydrogen) atoms. The zero-order valence-corrected chi connectivity index (χ0v) is 13.9. The Hall–Kier alpha value is -1.66. The normalized spacial score (nSPS) is 11.2. The average molecular weight is 369 g/mol. The van der Waals surface area contributed by atoms with Crippen molar-refractivity contribution in [3.05, 3.63) is 58.1 Å². The van der Waals surface area contributed by atoms with Crippen LogP contribution in [0.25, 0.3) is 0 Å². The lowest BCUT2D eigenvalue weighted by Crippen LogP contribution is -2.11. The van der Waals surface area contributed by atoms with E-state index in [-0.39, 0.29) is 15.4 Å². The zero-order valence-electron chi connectivity index (χ0n) is 11.5. The number of aryl methyl sites for hydroxylation is 1. The quantitative estimate of drug-likeness (QED) is 0.779. The largest absolute Gasteiger partial charge is 0.465 e. The van der Waals surface area contributed by atoms with E-state index in [1.54, 1.807) is 18.2 Å². The van der Waals surface area contributed by atoms with Gasteiger partial charge >= 0.3 is 5.97 Å². The average Bonchev–Trinajstić information content (AvgIpc) is 2.46. The van der Waals surface area contributed by atoms with Crippen molar-refractivity contribution < 1.29 is 17.9 Å². The van der Waals surface area contributed by atoms with Crippen molar-refractivity contribution in [2.45, 2.75) is 16.7 Å². The van der Waals surface area contributed by atoms with Crippen molar-refractivity contribution in [2.24, 2.45) is 0 Å². The first-order valence-corrected chi connectivity index (χ1v) is 8.33. The third-order valence-electron chi connectivity index (χ3n) is 2.94. The molecule has 0 bridgehead atoms. The van der Waals surface area contributed by atoms with E-state index in [9.17, 15) is 13.2 Å². The van der Waals surface area contributed by atoms with E-state index in [2.05, 4.69) is 20.7 Å². The zero-order chi connectivity index (χ0) is 15.6. The molecular formula is C15H13BrO4S. The van der Waals surface area contributed by atoms with E-state index in [4.69, 9.17) is 0 Å². The summed E-state index contributed by atoms with van der Waals surface area (Å²) in [5.41, 5.74) is 0.834. The topological polar surface area (TPSA) is 60.4 Å². The molecule has 0 radical (unpaired) electrons. The fourth-order valence-electron chi connectivity index (χ4n) is 1.92. The van der Waals surface area contributed by atoms with Crippen LogP contribution in [0.5, 0.6) is 0 Å². The molecule has 0 amide bonds. The standard InChI is InChI=1S/C15H13BrO4S/c1-10-4-3-5-12(8-10)21(18,19)14-7-6-11(16)9-13(14)15(17)20-2/h3-9H,1-2H3. The summed E-state index contributed by atoms with van der Waals surface area (Å²) < 4.78 is 30.7. The summed E-state index contributed by atoms with van der Waals surface area (Å²) in [5, 5.41) is 0. The number of ether oxygens (including phenoxy) is 1. The molecule has 0 N–H and O–H groups in total. The molecule has 0 saturated carbocycles. The van der Waals surface area contributed by atoms with Gasteiger partial charge < -0.3 is 4.74 Å². The highest BCUT2D eigenvalue weighted by molar-refractivity contribution is 9.10. The molecule has 4 nitrogen and oxygen atoms in total. The second kappa shape index (κ2) is 5.99. The van der Waals surface area contributed by atoms with E-state index in [1.165, 1.54) is 25.3 Å². The number of benzene rings is 2. The van der Waals surface area contributed by atoms with Crippen molar-refractivity contribution in [1.29, 1.82) is 0 Å². The van der Waals surface area contributed by atoms with Crippen LogP contribution < -0.4 is 0 Å². The Kier molecular flexibility index (Phi) is 4.49. The van der Waals surface area contributed by atoms with E-state index < -0.39 is 15.8 Å². The number of carbonyl (C=O) groups excluding carboxylic acids is 1. The predicted molar refractivity (Wildman–Crippen MR) is 82.1 cm³/mol. The van der Waals surface area contributed by atoms with Crippen LogP contribution in [0.15, 0.2) is 56.7 Å². The molecule has 0 spiro atoms. The summed E-state index contributed by atoms with van der Waals surface area (Å²) in [6.07, 6.45) is 0. The van der Waals surface area contributed by atoms with Gasteiger partial charge in [-0.15, -0.1) is 0 Å². The Bertz CT molecular complexity index is 797. The van der Waals surface area contributed by atoms with Gasteiger partial charge in [-0.25, -0.2) is 13.2 Å². The molecule has 6 heteroatoms. The molecule has 0 atom stereocenters. The maximum Gasteiger partial charge on any atom is 0.339 e. The second-order valence-corrected chi connectivity index (χ2v) is 7.29. The van der Waals surface area contributed by atoms with Gasteiger partial charge in [0.25, 0.3) is 0 Å². The summed E-state index contributed by atoms with van der Waals surface area (Å²) >= 11 is 3.23. The highest BCUT2D eigenvalue weighted by Crippen LogP contribution is 2.27. The summed E-state index contributed by atoms with van der Waals surface area (Å²) in [6.45, 7) is 1.81. The molecule has 0 aromatic heterocycles. The molecule has 0 aliphatic heterocycles. The number of esters is 1. The lowest BCUT2D eigenvalue weighted by Gasteiger charge is -2.10. The van der Waals surface area contributed by atoms with Crippen LogP contribution in [-0.4, -0.2) is 21.5 Å². The van der Waals surface area contributed by atoms with Crippen molar-refractivity contribution in [2.75, 3.05) is 7.11 Å². The smallest absolute Gasteiger partial charge is 0.339 e. The van der Waals surface area contributed by atoms with Crippen LogP contribution in [0, 0.1) is 6.92 Å². The Labute approximate surface area is 131 Å². The SMILES string of the molecule is COC(=O)c1cc(Br)ccc1S(=O)(=O)c1cccc(C)c1. The molecular weight excluding hydrogens is 356 g/mol. The number of hydrogen-bond donors (Lipinski definition) is 0. The molecule has 0 aliphatic rings. The van der Waals surface area contributed by atoms with Gasteiger partial charge in [0.05, 0.1) is 22.5 Å². The van der Waals surface area contributed by atoms with Crippen molar-refractivity contribution in [3.63, 3.8) is 0 Å². The van der Waals surface area contributed by atoms with Gasteiger partial charge in [0, 0.05) is 4.47 Å². The number of halogens is 1. The van der Waals surface area contributed by atoms with Gasteiger partial charge in [-0.05, 0) is 42.8 Å². The first-order chi connectivity index (χ1) is 9.86. The Morgan fingerprint density at radius 3 is 2.48 bits per heavy atom. The second-order valence-electron chi connectivity index (χ2n) is 4.45. The van der Waals surface area contributed by atoms with Crippen LogP contribution in [0.4, 0.5) is 0 Å². The molecule has 2 rings (SSSR count). The third kappa shape index (κ3) is 3.16. The molecule has 0 unspecified atom stereocenters. The van der Waals surface area contributed by atoms with Crippen LogP contribution in [-0.2, 0) is 14.6 Å². The number of sulfone groups is 1. The summed E-state index contributed by atoms with van der Waals surface area (Å²) in [4.78, 5) is 11.9. The molecule has 0 fully saturated rings. The third-order valence-corrected chi connectivity index (χ3v) is 5.24. The lowest BCUT2D eigenvalue weighted by molar-refractivity contribution is 0.0596. The number of carbonyl (C=O) groups is 1. The predicted octanol–water partition coefficient (Wildman–Crippen LogP) is 3.38. The molecule has 110 valence electrons. The number of methoxy groups -OCH3 is 1. The maximum atomic E-state index is 12.7. The highest BCUT2D eigenvalue weighted by atomic mass is 79.9. The van der Waals surface area contributed by atoms with E-state index >= 15 is 0 Å². The van der Waals surface area contributed by atoms with Crippen LogP contribution in [0.1, 0.15) is 15.9 Å². The van der Waals surface area contributed by atoms with Gasteiger partial charge in [0.2, 0.25) is 9.84 Å². The van der Waals surface area contributed by atoms with Crippen LogP contribution >= 0.6 is 15.9 Å². The lowest BCUT2D eigenvalue weighted by atomic mass is 10.2. The monoisotopic (exact) mass is 368 g/mol. The molecule has 2 aromatic carbocycles. The van der Waals surface area contributed by atoms with E-state index in [1.807, 2.05) is 13.0 Å². The van der Waals surface area contributed by atoms with Crippen molar-refractivity contribution in [1.82, 2.24) is 0 Å². The van der Waals surface area contributed by atoms with Gasteiger partial charge in [0.1, 0.15) is 0 Å². The van der Waals surface area contributed by atoms with Crippen LogP contribution in [0.3, 0.4) is 0 Å². The van der Waals surface area contributed by atoms with Gasteiger partial charge in [-0.1, -0.05) is 28.1 Å². The Morgan fingerprint density at radius 2 is 1.86 bits per heavy atom. The summed E-state index contributed by atoms with van der Waals surface area (Å²) in [6, 6.07) is 11.0. The van der Waals surface area contributed by atoms with E-state index in [0.717, 1.165) is 5.56 Å².